The molecule has 3 rings (SSSR count). The first-order valence-corrected chi connectivity index (χ1v) is 11.0. The third kappa shape index (κ3) is 4.87. The molecule has 1 amide bonds. The largest absolute Gasteiger partial charge is 0.493 e. The van der Waals surface area contributed by atoms with Crippen molar-refractivity contribution in [3.63, 3.8) is 0 Å². The average molecular weight is 423 g/mol. The number of fused-ring (bicyclic) bond motifs is 1. The van der Waals surface area contributed by atoms with Gasteiger partial charge in [-0.05, 0) is 48.1 Å². The minimum absolute atomic E-state index is 0.0435. The Morgan fingerprint density at radius 1 is 1.06 bits per heavy atom. The number of hydrogen-bond donors (Lipinski definition) is 2. The molecule has 31 heavy (non-hydrogen) atoms. The smallest absolute Gasteiger partial charge is 0.221 e. The lowest BCUT2D eigenvalue weighted by molar-refractivity contribution is -0.122. The molecule has 0 aliphatic heterocycles. The van der Waals surface area contributed by atoms with Crippen LogP contribution in [0.15, 0.2) is 42.6 Å². The monoisotopic (exact) mass is 422 g/mol. The van der Waals surface area contributed by atoms with Gasteiger partial charge in [-0.15, -0.1) is 0 Å². The fraction of sp³-hybridized carbons (Fsp3) is 0.423. The lowest BCUT2D eigenvalue weighted by Crippen LogP contribution is -2.36. The SMILES string of the molecule is CCc1cccc2c([C@@H](CC(=O)N[C@H](C)C(C)C)c3ccc(OC)c(OC)c3)c[nH]c12. The summed E-state index contributed by atoms with van der Waals surface area (Å²) in [6.45, 7) is 8.43. The quantitative estimate of drug-likeness (QED) is 0.483. The number of rotatable bonds is 9. The van der Waals surface area contributed by atoms with Gasteiger partial charge in [-0.2, -0.15) is 0 Å². The van der Waals surface area contributed by atoms with Gasteiger partial charge in [0.25, 0.3) is 0 Å². The van der Waals surface area contributed by atoms with Gasteiger partial charge in [0.1, 0.15) is 0 Å². The molecule has 0 bridgehead atoms. The van der Waals surface area contributed by atoms with Gasteiger partial charge in [-0.1, -0.05) is 45.0 Å². The molecule has 3 aromatic rings. The van der Waals surface area contributed by atoms with Gasteiger partial charge < -0.3 is 19.8 Å². The van der Waals surface area contributed by atoms with Crippen LogP contribution in [0, 0.1) is 5.92 Å². The molecule has 166 valence electrons. The molecule has 2 aromatic carbocycles. The second kappa shape index (κ2) is 9.90. The predicted molar refractivity (Wildman–Crippen MR) is 126 cm³/mol. The first-order chi connectivity index (χ1) is 14.9. The summed E-state index contributed by atoms with van der Waals surface area (Å²) < 4.78 is 10.9. The zero-order chi connectivity index (χ0) is 22.5. The molecule has 5 nitrogen and oxygen atoms in total. The summed E-state index contributed by atoms with van der Waals surface area (Å²) in [4.78, 5) is 16.5. The first kappa shape index (κ1) is 22.7. The molecule has 2 N–H and O–H groups in total. The zero-order valence-electron chi connectivity index (χ0n) is 19.4. The maximum Gasteiger partial charge on any atom is 0.221 e. The van der Waals surface area contributed by atoms with E-state index in [1.165, 1.54) is 5.56 Å². The summed E-state index contributed by atoms with van der Waals surface area (Å²) in [5.74, 6) is 1.65. The summed E-state index contributed by atoms with van der Waals surface area (Å²) in [7, 11) is 3.26. The van der Waals surface area contributed by atoms with Gasteiger partial charge >= 0.3 is 0 Å². The Bertz CT molecular complexity index is 1040. The van der Waals surface area contributed by atoms with Gasteiger partial charge in [-0.25, -0.2) is 0 Å². The van der Waals surface area contributed by atoms with Crippen LogP contribution in [0.4, 0.5) is 0 Å². The Labute approximate surface area is 185 Å². The van der Waals surface area contributed by atoms with Gasteiger partial charge in [-0.3, -0.25) is 4.79 Å². The summed E-state index contributed by atoms with van der Waals surface area (Å²) in [5, 5.41) is 4.31. The number of aryl methyl sites for hydroxylation is 1. The van der Waals surface area contributed by atoms with Crippen LogP contribution in [0.25, 0.3) is 10.9 Å². The second-order valence-electron chi connectivity index (χ2n) is 8.41. The molecule has 2 atom stereocenters. The summed E-state index contributed by atoms with van der Waals surface area (Å²) in [5.41, 5.74) is 4.55. The zero-order valence-corrected chi connectivity index (χ0v) is 19.4. The number of aromatic amines is 1. The normalized spacial score (nSPS) is 13.3. The lowest BCUT2D eigenvalue weighted by Gasteiger charge is -2.22. The number of H-pyrrole nitrogens is 1. The highest BCUT2D eigenvalue weighted by atomic mass is 16.5. The Balaban J connectivity index is 2.06. The lowest BCUT2D eigenvalue weighted by atomic mass is 9.87. The first-order valence-electron chi connectivity index (χ1n) is 11.0. The van der Waals surface area contributed by atoms with E-state index in [0.717, 1.165) is 28.5 Å². The van der Waals surface area contributed by atoms with Crippen molar-refractivity contribution in [3.05, 3.63) is 59.3 Å². The van der Waals surface area contributed by atoms with E-state index in [0.29, 0.717) is 23.8 Å². The number of ether oxygens (including phenoxy) is 2. The van der Waals surface area contributed by atoms with Crippen LogP contribution in [-0.2, 0) is 11.2 Å². The molecular formula is C26H34N2O3. The number of nitrogens with one attached hydrogen (secondary N) is 2. The number of carbonyl (C=O) groups is 1. The molecule has 0 fully saturated rings. The fourth-order valence-corrected chi connectivity index (χ4v) is 3.96. The van der Waals surface area contributed by atoms with Crippen molar-refractivity contribution in [2.45, 2.75) is 52.5 Å². The van der Waals surface area contributed by atoms with Crippen molar-refractivity contribution >= 4 is 16.8 Å². The number of amides is 1. The Kier molecular flexibility index (Phi) is 7.26. The standard InChI is InChI=1S/C26H34N2O3/c1-7-18-9-8-10-20-22(15-27-26(18)20)21(14-25(29)28-17(4)16(2)3)19-11-12-23(30-5)24(13-19)31-6/h8-13,15-17,21,27H,7,14H2,1-6H3,(H,28,29)/t17-,21+/m1/s1. The van der Waals surface area contributed by atoms with Gasteiger partial charge in [0, 0.05) is 35.5 Å². The molecule has 0 saturated carbocycles. The molecule has 0 aliphatic rings. The molecule has 1 heterocycles. The van der Waals surface area contributed by atoms with Crippen LogP contribution in [0.3, 0.4) is 0 Å². The van der Waals surface area contributed by atoms with Crippen LogP contribution in [-0.4, -0.2) is 31.2 Å². The van der Waals surface area contributed by atoms with Crippen molar-refractivity contribution < 1.29 is 14.3 Å². The van der Waals surface area contributed by atoms with E-state index < -0.39 is 0 Å². The van der Waals surface area contributed by atoms with E-state index in [-0.39, 0.29) is 17.9 Å². The Hall–Kier alpha value is -2.95. The maximum absolute atomic E-state index is 13.0. The number of benzene rings is 2. The molecule has 1 aromatic heterocycles. The topological polar surface area (TPSA) is 63.4 Å². The third-order valence-electron chi connectivity index (χ3n) is 6.18. The maximum atomic E-state index is 13.0. The predicted octanol–water partition coefficient (Wildman–Crippen LogP) is 5.43. The Morgan fingerprint density at radius 2 is 1.81 bits per heavy atom. The molecule has 0 aliphatic carbocycles. The van der Waals surface area contributed by atoms with Crippen LogP contribution >= 0.6 is 0 Å². The van der Waals surface area contributed by atoms with Crippen molar-refractivity contribution in [3.8, 4) is 11.5 Å². The number of carbonyl (C=O) groups excluding carboxylic acids is 1. The van der Waals surface area contributed by atoms with Crippen LogP contribution in [0.1, 0.15) is 56.7 Å². The Morgan fingerprint density at radius 3 is 2.45 bits per heavy atom. The summed E-state index contributed by atoms with van der Waals surface area (Å²) >= 11 is 0. The minimum atomic E-state index is -0.111. The third-order valence-corrected chi connectivity index (χ3v) is 6.18. The highest BCUT2D eigenvalue weighted by Crippen LogP contribution is 2.38. The van der Waals surface area contributed by atoms with Gasteiger partial charge in [0.15, 0.2) is 11.5 Å². The van der Waals surface area contributed by atoms with E-state index >= 15 is 0 Å². The van der Waals surface area contributed by atoms with E-state index in [9.17, 15) is 4.79 Å². The molecular weight excluding hydrogens is 388 g/mol. The highest BCUT2D eigenvalue weighted by Gasteiger charge is 2.24. The van der Waals surface area contributed by atoms with E-state index in [1.807, 2.05) is 31.3 Å². The van der Waals surface area contributed by atoms with Gasteiger partial charge in [0.2, 0.25) is 5.91 Å². The van der Waals surface area contributed by atoms with Crippen molar-refractivity contribution in [1.82, 2.24) is 10.3 Å². The van der Waals surface area contributed by atoms with Crippen molar-refractivity contribution in [2.24, 2.45) is 5.92 Å². The summed E-state index contributed by atoms with van der Waals surface area (Å²) in [6, 6.07) is 12.4. The molecule has 0 saturated heterocycles. The van der Waals surface area contributed by atoms with Crippen molar-refractivity contribution in [2.75, 3.05) is 14.2 Å². The molecule has 0 radical (unpaired) electrons. The van der Waals surface area contributed by atoms with Gasteiger partial charge in [0.05, 0.1) is 14.2 Å². The van der Waals surface area contributed by atoms with E-state index in [4.69, 9.17) is 9.47 Å². The molecule has 0 unspecified atom stereocenters. The van der Waals surface area contributed by atoms with E-state index in [2.05, 4.69) is 49.3 Å². The second-order valence-corrected chi connectivity index (χ2v) is 8.41. The van der Waals surface area contributed by atoms with E-state index in [1.54, 1.807) is 14.2 Å². The number of methoxy groups -OCH3 is 2. The average Bonchev–Trinajstić information content (AvgIpc) is 3.20. The summed E-state index contributed by atoms with van der Waals surface area (Å²) in [6.07, 6.45) is 3.35. The number of para-hydroxylation sites is 1. The molecule has 5 heteroatoms. The minimum Gasteiger partial charge on any atom is -0.493 e. The number of aromatic nitrogens is 1. The van der Waals surface area contributed by atoms with Crippen LogP contribution in [0.5, 0.6) is 11.5 Å². The van der Waals surface area contributed by atoms with Crippen LogP contribution in [0.2, 0.25) is 0 Å². The highest BCUT2D eigenvalue weighted by molar-refractivity contribution is 5.88. The van der Waals surface area contributed by atoms with Crippen molar-refractivity contribution in [1.29, 1.82) is 0 Å². The van der Waals surface area contributed by atoms with Crippen LogP contribution < -0.4 is 14.8 Å². The number of hydrogen-bond acceptors (Lipinski definition) is 3. The molecule has 0 spiro atoms. The fourth-order valence-electron chi connectivity index (χ4n) is 3.96.